The van der Waals surface area contributed by atoms with Crippen LogP contribution in [0.15, 0.2) is 24.3 Å². The Balaban J connectivity index is 1.80. The molecule has 0 aliphatic carbocycles. The SMILES string of the molecule is CC1(C)O[C@H]([C@H]2C=CC(=O)O2)[C@@H]([C@H]2C=CC(=O)O2)O1. The van der Waals surface area contributed by atoms with Crippen LogP contribution in [0.25, 0.3) is 0 Å². The third-order valence-electron chi connectivity index (χ3n) is 3.16. The Bertz CT molecular complexity index is 436. The van der Waals surface area contributed by atoms with Gasteiger partial charge in [-0.15, -0.1) is 0 Å². The number of carbonyl (C=O) groups is 2. The van der Waals surface area contributed by atoms with Gasteiger partial charge in [-0.2, -0.15) is 0 Å². The molecule has 3 heterocycles. The predicted octanol–water partition coefficient (Wildman–Crippen LogP) is 0.470. The summed E-state index contributed by atoms with van der Waals surface area (Å²) in [5.74, 6) is -1.63. The molecular formula is C13H14O6. The summed E-state index contributed by atoms with van der Waals surface area (Å²) in [4.78, 5) is 22.3. The molecule has 0 unspecified atom stereocenters. The summed E-state index contributed by atoms with van der Waals surface area (Å²) in [5.41, 5.74) is 0. The third kappa shape index (κ3) is 2.29. The highest BCUT2D eigenvalue weighted by Gasteiger charge is 2.51. The number of rotatable bonds is 2. The largest absolute Gasteiger partial charge is 0.452 e. The van der Waals surface area contributed by atoms with Crippen molar-refractivity contribution >= 4 is 11.9 Å². The van der Waals surface area contributed by atoms with Crippen molar-refractivity contribution in [3.8, 4) is 0 Å². The normalized spacial score (nSPS) is 39.7. The zero-order chi connectivity index (χ0) is 13.6. The first kappa shape index (κ1) is 12.4. The predicted molar refractivity (Wildman–Crippen MR) is 61.9 cm³/mol. The number of ether oxygens (including phenoxy) is 4. The topological polar surface area (TPSA) is 71.1 Å². The smallest absolute Gasteiger partial charge is 0.331 e. The number of cyclic esters (lactones) is 2. The van der Waals surface area contributed by atoms with Crippen LogP contribution in [0, 0.1) is 0 Å². The second-order valence-corrected chi connectivity index (χ2v) is 5.09. The first-order valence-electron chi connectivity index (χ1n) is 6.08. The number of esters is 2. The van der Waals surface area contributed by atoms with Gasteiger partial charge in [0.15, 0.2) is 5.79 Å². The average molecular weight is 266 g/mol. The van der Waals surface area contributed by atoms with E-state index in [1.165, 1.54) is 12.2 Å². The minimum absolute atomic E-state index is 0.406. The molecule has 0 aromatic heterocycles. The van der Waals surface area contributed by atoms with Gasteiger partial charge in [-0.05, 0) is 26.0 Å². The Kier molecular flexibility index (Phi) is 2.72. The van der Waals surface area contributed by atoms with E-state index in [1.807, 2.05) is 0 Å². The van der Waals surface area contributed by atoms with Crippen molar-refractivity contribution in [2.45, 2.75) is 44.1 Å². The first-order valence-corrected chi connectivity index (χ1v) is 6.08. The number of hydrogen-bond donors (Lipinski definition) is 0. The quantitative estimate of drug-likeness (QED) is 0.677. The highest BCUT2D eigenvalue weighted by molar-refractivity contribution is 5.85. The maximum atomic E-state index is 11.1. The summed E-state index contributed by atoms with van der Waals surface area (Å²) in [6, 6.07) is 0. The molecule has 3 aliphatic heterocycles. The summed E-state index contributed by atoms with van der Waals surface area (Å²) < 4.78 is 21.8. The van der Waals surface area contributed by atoms with Gasteiger partial charge in [-0.3, -0.25) is 0 Å². The molecule has 0 N–H and O–H groups in total. The van der Waals surface area contributed by atoms with Crippen LogP contribution in [0.3, 0.4) is 0 Å². The van der Waals surface area contributed by atoms with Crippen LogP contribution < -0.4 is 0 Å². The van der Waals surface area contributed by atoms with Crippen LogP contribution >= 0.6 is 0 Å². The van der Waals surface area contributed by atoms with E-state index in [4.69, 9.17) is 18.9 Å². The number of carbonyl (C=O) groups excluding carboxylic acids is 2. The zero-order valence-electron chi connectivity index (χ0n) is 10.6. The molecule has 0 bridgehead atoms. The Labute approximate surface area is 109 Å². The molecule has 0 amide bonds. The Morgan fingerprint density at radius 3 is 1.63 bits per heavy atom. The van der Waals surface area contributed by atoms with Gasteiger partial charge in [0.2, 0.25) is 0 Å². The fourth-order valence-electron chi connectivity index (χ4n) is 2.45. The minimum Gasteiger partial charge on any atom is -0.452 e. The second kappa shape index (κ2) is 4.18. The Hall–Kier alpha value is -1.66. The molecule has 6 nitrogen and oxygen atoms in total. The van der Waals surface area contributed by atoms with Crippen molar-refractivity contribution in [2.24, 2.45) is 0 Å². The maximum Gasteiger partial charge on any atom is 0.331 e. The molecule has 1 saturated heterocycles. The van der Waals surface area contributed by atoms with Crippen LogP contribution in [0.4, 0.5) is 0 Å². The molecule has 3 rings (SSSR count). The standard InChI is InChI=1S/C13H14O6/c1-13(2)18-11(7-3-5-9(14)16-7)12(19-13)8-4-6-10(15)17-8/h3-8,11-12H,1-2H3/t7-,8-,11-,12-/m1/s1. The lowest BCUT2D eigenvalue weighted by molar-refractivity contribution is -0.165. The van der Waals surface area contributed by atoms with E-state index in [-0.39, 0.29) is 0 Å². The van der Waals surface area contributed by atoms with Gasteiger partial charge in [-0.25, -0.2) is 9.59 Å². The van der Waals surface area contributed by atoms with Crippen LogP contribution in [-0.4, -0.2) is 42.1 Å². The van der Waals surface area contributed by atoms with Crippen LogP contribution in [-0.2, 0) is 28.5 Å². The summed E-state index contributed by atoms with van der Waals surface area (Å²) >= 11 is 0. The molecule has 0 aromatic rings. The van der Waals surface area contributed by atoms with Gasteiger partial charge in [0.05, 0.1) is 0 Å². The Morgan fingerprint density at radius 2 is 1.32 bits per heavy atom. The first-order chi connectivity index (χ1) is 8.94. The van der Waals surface area contributed by atoms with Gasteiger partial charge < -0.3 is 18.9 Å². The molecule has 4 atom stereocenters. The minimum atomic E-state index is -0.818. The van der Waals surface area contributed by atoms with Crippen LogP contribution in [0.2, 0.25) is 0 Å². The molecule has 1 fully saturated rings. The molecule has 19 heavy (non-hydrogen) atoms. The van der Waals surface area contributed by atoms with E-state index in [2.05, 4.69) is 0 Å². The molecule has 6 heteroatoms. The summed E-state index contributed by atoms with van der Waals surface area (Å²) in [7, 11) is 0. The highest BCUT2D eigenvalue weighted by atomic mass is 16.8. The second-order valence-electron chi connectivity index (χ2n) is 5.09. The Morgan fingerprint density at radius 1 is 0.895 bits per heavy atom. The van der Waals surface area contributed by atoms with E-state index in [1.54, 1.807) is 26.0 Å². The van der Waals surface area contributed by atoms with Crippen molar-refractivity contribution in [3.63, 3.8) is 0 Å². The molecule has 0 spiro atoms. The van der Waals surface area contributed by atoms with Gasteiger partial charge in [0, 0.05) is 12.2 Å². The lowest BCUT2D eigenvalue weighted by Gasteiger charge is -2.23. The maximum absolute atomic E-state index is 11.1. The van der Waals surface area contributed by atoms with Gasteiger partial charge in [0.25, 0.3) is 0 Å². The van der Waals surface area contributed by atoms with Crippen molar-refractivity contribution in [1.82, 2.24) is 0 Å². The fourth-order valence-corrected chi connectivity index (χ4v) is 2.45. The number of hydrogen-bond acceptors (Lipinski definition) is 6. The fraction of sp³-hybridized carbons (Fsp3) is 0.538. The lowest BCUT2D eigenvalue weighted by atomic mass is 10.0. The lowest BCUT2D eigenvalue weighted by Crippen LogP contribution is -2.41. The van der Waals surface area contributed by atoms with Gasteiger partial charge in [-0.1, -0.05) is 0 Å². The molecule has 0 saturated carbocycles. The van der Waals surface area contributed by atoms with Crippen LogP contribution in [0.1, 0.15) is 13.8 Å². The third-order valence-corrected chi connectivity index (χ3v) is 3.16. The average Bonchev–Trinajstić information content (AvgIpc) is 2.98. The van der Waals surface area contributed by atoms with Crippen molar-refractivity contribution < 1.29 is 28.5 Å². The molecule has 0 aromatic carbocycles. The summed E-state index contributed by atoms with van der Waals surface area (Å²) in [6.07, 6.45) is 3.92. The van der Waals surface area contributed by atoms with E-state index in [0.29, 0.717) is 0 Å². The van der Waals surface area contributed by atoms with Crippen molar-refractivity contribution in [3.05, 3.63) is 24.3 Å². The van der Waals surface area contributed by atoms with Crippen molar-refractivity contribution in [1.29, 1.82) is 0 Å². The van der Waals surface area contributed by atoms with E-state index in [9.17, 15) is 9.59 Å². The highest BCUT2D eigenvalue weighted by Crippen LogP contribution is 2.36. The zero-order valence-corrected chi connectivity index (χ0v) is 10.6. The molecule has 0 radical (unpaired) electrons. The van der Waals surface area contributed by atoms with Crippen LogP contribution in [0.5, 0.6) is 0 Å². The van der Waals surface area contributed by atoms with E-state index in [0.717, 1.165) is 0 Å². The van der Waals surface area contributed by atoms with E-state index >= 15 is 0 Å². The van der Waals surface area contributed by atoms with Gasteiger partial charge >= 0.3 is 11.9 Å². The summed E-state index contributed by atoms with van der Waals surface area (Å²) in [6.45, 7) is 3.53. The molecule has 3 aliphatic rings. The molecular weight excluding hydrogens is 252 g/mol. The van der Waals surface area contributed by atoms with E-state index < -0.39 is 42.1 Å². The van der Waals surface area contributed by atoms with Gasteiger partial charge in [0.1, 0.15) is 24.4 Å². The summed E-state index contributed by atoms with van der Waals surface area (Å²) in [5, 5.41) is 0. The van der Waals surface area contributed by atoms with Crippen molar-refractivity contribution in [2.75, 3.05) is 0 Å². The molecule has 102 valence electrons. The monoisotopic (exact) mass is 266 g/mol.